The molecule has 2 unspecified atom stereocenters. The highest BCUT2D eigenvalue weighted by atomic mass is 32.1. The molecule has 1 fully saturated rings. The zero-order valence-electron chi connectivity index (χ0n) is 10.7. The molecular weight excluding hydrogens is 250 g/mol. The third-order valence-electron chi connectivity index (χ3n) is 3.02. The van der Waals surface area contributed by atoms with Crippen molar-refractivity contribution in [3.05, 3.63) is 15.6 Å². The Kier molecular flexibility index (Phi) is 3.77. The summed E-state index contributed by atoms with van der Waals surface area (Å²) in [6, 6.07) is -0.223. The molecule has 0 bridgehead atoms. The summed E-state index contributed by atoms with van der Waals surface area (Å²) in [6.07, 6.45) is 0.961. The fourth-order valence-electron chi connectivity index (χ4n) is 2.18. The van der Waals surface area contributed by atoms with Crippen LogP contribution in [0.4, 0.5) is 0 Å². The van der Waals surface area contributed by atoms with Crippen LogP contribution in [-0.4, -0.2) is 22.8 Å². The first-order valence-electron chi connectivity index (χ1n) is 6.01. The van der Waals surface area contributed by atoms with Crippen LogP contribution in [-0.2, 0) is 9.59 Å². The number of aryl methyl sites for hydroxylation is 2. The minimum Gasteiger partial charge on any atom is -0.298 e. The summed E-state index contributed by atoms with van der Waals surface area (Å²) in [5, 5.41) is 6.65. The topological polar surface area (TPSA) is 71.1 Å². The van der Waals surface area contributed by atoms with Crippen molar-refractivity contribution in [1.29, 1.82) is 0 Å². The average molecular weight is 267 g/mol. The van der Waals surface area contributed by atoms with Crippen molar-refractivity contribution >= 4 is 23.2 Å². The zero-order valence-corrected chi connectivity index (χ0v) is 11.6. The number of imide groups is 1. The molecule has 2 heterocycles. The van der Waals surface area contributed by atoms with E-state index in [4.69, 9.17) is 0 Å². The van der Waals surface area contributed by atoms with Gasteiger partial charge in [0.1, 0.15) is 0 Å². The van der Waals surface area contributed by atoms with Crippen LogP contribution in [0.2, 0.25) is 0 Å². The van der Waals surface area contributed by atoms with Gasteiger partial charge in [-0.05, 0) is 27.2 Å². The van der Waals surface area contributed by atoms with Gasteiger partial charge in [0, 0.05) is 17.3 Å². The van der Waals surface area contributed by atoms with E-state index in [2.05, 4.69) is 15.6 Å². The molecule has 2 atom stereocenters. The first kappa shape index (κ1) is 13.2. The van der Waals surface area contributed by atoms with E-state index in [9.17, 15) is 9.59 Å². The van der Waals surface area contributed by atoms with Gasteiger partial charge in [0.15, 0.2) is 0 Å². The molecule has 18 heavy (non-hydrogen) atoms. The Morgan fingerprint density at radius 2 is 2.17 bits per heavy atom. The van der Waals surface area contributed by atoms with Crippen LogP contribution in [0, 0.1) is 13.8 Å². The summed E-state index contributed by atoms with van der Waals surface area (Å²) in [6.45, 7) is 5.96. The van der Waals surface area contributed by atoms with Crippen molar-refractivity contribution in [2.24, 2.45) is 0 Å². The van der Waals surface area contributed by atoms with Crippen molar-refractivity contribution in [3.63, 3.8) is 0 Å². The quantitative estimate of drug-likeness (QED) is 0.808. The van der Waals surface area contributed by atoms with Gasteiger partial charge in [-0.3, -0.25) is 20.2 Å². The molecule has 2 amide bonds. The molecule has 0 radical (unpaired) electrons. The summed E-state index contributed by atoms with van der Waals surface area (Å²) in [7, 11) is 0. The summed E-state index contributed by atoms with van der Waals surface area (Å²) in [5.41, 5.74) is 1.00. The maximum Gasteiger partial charge on any atom is 0.243 e. The predicted molar refractivity (Wildman–Crippen MR) is 69.3 cm³/mol. The zero-order chi connectivity index (χ0) is 13.3. The number of nitrogens with one attached hydrogen (secondary N) is 2. The van der Waals surface area contributed by atoms with E-state index >= 15 is 0 Å². The van der Waals surface area contributed by atoms with E-state index in [1.54, 1.807) is 11.3 Å². The van der Waals surface area contributed by atoms with E-state index in [1.807, 2.05) is 20.8 Å². The van der Waals surface area contributed by atoms with Gasteiger partial charge in [0.25, 0.3) is 0 Å². The largest absolute Gasteiger partial charge is 0.298 e. The molecule has 2 rings (SSSR count). The van der Waals surface area contributed by atoms with Gasteiger partial charge < -0.3 is 0 Å². The lowest BCUT2D eigenvalue weighted by Gasteiger charge is -2.25. The van der Waals surface area contributed by atoms with Gasteiger partial charge in [-0.2, -0.15) is 0 Å². The fourth-order valence-corrected chi connectivity index (χ4v) is 3.12. The Morgan fingerprint density at radius 1 is 1.44 bits per heavy atom. The van der Waals surface area contributed by atoms with Gasteiger partial charge in [0.2, 0.25) is 11.8 Å². The number of thiazole rings is 1. The lowest BCUT2D eigenvalue weighted by Crippen LogP contribution is -2.51. The number of carbonyl (C=O) groups is 2. The van der Waals surface area contributed by atoms with Crippen LogP contribution in [0.15, 0.2) is 0 Å². The minimum absolute atomic E-state index is 0.0696. The number of aromatic nitrogens is 1. The highest BCUT2D eigenvalue weighted by Gasteiger charge is 2.28. The Balaban J connectivity index is 2.03. The standard InChI is InChI=1S/C12H17N3O2S/c1-6-11(18-8(3)13-6)7(2)14-9-4-5-10(16)15-12(9)17/h7,9,14H,4-5H2,1-3H3,(H,15,16,17). The lowest BCUT2D eigenvalue weighted by molar-refractivity contribution is -0.134. The van der Waals surface area contributed by atoms with Gasteiger partial charge in [0.05, 0.1) is 16.7 Å². The third kappa shape index (κ3) is 2.76. The van der Waals surface area contributed by atoms with Crippen LogP contribution in [0.1, 0.15) is 41.4 Å². The summed E-state index contributed by atoms with van der Waals surface area (Å²) >= 11 is 1.64. The molecule has 1 saturated heterocycles. The first-order valence-corrected chi connectivity index (χ1v) is 6.82. The molecule has 0 aromatic carbocycles. The monoisotopic (exact) mass is 267 g/mol. The van der Waals surface area contributed by atoms with Crippen LogP contribution in [0.3, 0.4) is 0 Å². The number of nitrogens with zero attached hydrogens (tertiary/aromatic N) is 1. The minimum atomic E-state index is -0.292. The Labute approximate surface area is 110 Å². The molecule has 0 spiro atoms. The molecule has 0 aliphatic carbocycles. The van der Waals surface area contributed by atoms with Crippen LogP contribution in [0.25, 0.3) is 0 Å². The Bertz CT molecular complexity index is 484. The summed E-state index contributed by atoms with van der Waals surface area (Å²) in [4.78, 5) is 28.2. The smallest absolute Gasteiger partial charge is 0.243 e. The molecule has 2 N–H and O–H groups in total. The normalized spacial score (nSPS) is 21.8. The second kappa shape index (κ2) is 5.16. The summed E-state index contributed by atoms with van der Waals surface area (Å²) < 4.78 is 0. The molecule has 98 valence electrons. The third-order valence-corrected chi connectivity index (χ3v) is 4.28. The highest BCUT2D eigenvalue weighted by Crippen LogP contribution is 2.25. The van der Waals surface area contributed by atoms with Gasteiger partial charge in [-0.1, -0.05) is 0 Å². The van der Waals surface area contributed by atoms with Gasteiger partial charge in [-0.15, -0.1) is 11.3 Å². The molecule has 6 heteroatoms. The number of hydrogen-bond donors (Lipinski definition) is 2. The number of carbonyl (C=O) groups excluding carboxylic acids is 2. The van der Waals surface area contributed by atoms with Gasteiger partial charge >= 0.3 is 0 Å². The summed E-state index contributed by atoms with van der Waals surface area (Å²) in [5.74, 6) is -0.410. The van der Waals surface area contributed by atoms with E-state index < -0.39 is 0 Å². The van der Waals surface area contributed by atoms with Crippen molar-refractivity contribution < 1.29 is 9.59 Å². The SMILES string of the molecule is Cc1nc(C)c(C(C)NC2CCC(=O)NC2=O)s1. The number of hydrogen-bond acceptors (Lipinski definition) is 5. The van der Waals surface area contributed by atoms with Crippen LogP contribution < -0.4 is 10.6 Å². The van der Waals surface area contributed by atoms with Crippen molar-refractivity contribution in [3.8, 4) is 0 Å². The van der Waals surface area contributed by atoms with E-state index in [0.29, 0.717) is 12.8 Å². The van der Waals surface area contributed by atoms with Crippen LogP contribution in [0.5, 0.6) is 0 Å². The Morgan fingerprint density at radius 3 is 2.72 bits per heavy atom. The number of piperidine rings is 1. The second-order valence-electron chi connectivity index (χ2n) is 4.57. The molecule has 1 aliphatic heterocycles. The molecule has 5 nitrogen and oxygen atoms in total. The molecule has 0 saturated carbocycles. The van der Waals surface area contributed by atoms with E-state index in [1.165, 1.54) is 0 Å². The molecular formula is C12H17N3O2S. The molecule has 1 aliphatic rings. The average Bonchev–Trinajstić information content (AvgIpc) is 2.62. The predicted octanol–water partition coefficient (Wildman–Crippen LogP) is 1.22. The van der Waals surface area contributed by atoms with Crippen LogP contribution >= 0.6 is 11.3 Å². The van der Waals surface area contributed by atoms with Crippen molar-refractivity contribution in [1.82, 2.24) is 15.6 Å². The first-order chi connectivity index (χ1) is 8.47. The van der Waals surface area contributed by atoms with E-state index in [-0.39, 0.29) is 23.9 Å². The maximum atomic E-state index is 11.7. The fraction of sp³-hybridized carbons (Fsp3) is 0.583. The van der Waals surface area contributed by atoms with Crippen molar-refractivity contribution in [2.75, 3.05) is 0 Å². The second-order valence-corrected chi connectivity index (χ2v) is 5.81. The number of amides is 2. The molecule has 1 aromatic heterocycles. The van der Waals surface area contributed by atoms with Crippen molar-refractivity contribution in [2.45, 2.75) is 45.7 Å². The lowest BCUT2D eigenvalue weighted by atomic mass is 10.0. The number of rotatable bonds is 3. The maximum absolute atomic E-state index is 11.7. The molecule has 1 aromatic rings. The van der Waals surface area contributed by atoms with Gasteiger partial charge in [-0.25, -0.2) is 4.98 Å². The van der Waals surface area contributed by atoms with E-state index in [0.717, 1.165) is 15.6 Å². The Hall–Kier alpha value is -1.27. The highest BCUT2D eigenvalue weighted by molar-refractivity contribution is 7.11.